The third-order valence-electron chi connectivity index (χ3n) is 3.81. The first-order chi connectivity index (χ1) is 9.70. The number of para-hydroxylation sites is 1. The quantitative estimate of drug-likeness (QED) is 0.932. The molecule has 20 heavy (non-hydrogen) atoms. The van der Waals surface area contributed by atoms with Crippen molar-refractivity contribution in [2.75, 3.05) is 13.7 Å². The fourth-order valence-corrected chi connectivity index (χ4v) is 3.40. The Hall–Kier alpha value is -1.40. The van der Waals surface area contributed by atoms with Crippen LogP contribution in [0.1, 0.15) is 17.3 Å². The van der Waals surface area contributed by atoms with Crippen LogP contribution in [-0.4, -0.2) is 28.6 Å². The number of rotatable bonds is 3. The Morgan fingerprint density at radius 2 is 2.25 bits per heavy atom. The van der Waals surface area contributed by atoms with Crippen molar-refractivity contribution in [1.82, 2.24) is 20.3 Å². The topological polar surface area (TPSA) is 52.0 Å². The number of hydrogen-bond donors (Lipinski definition) is 1. The van der Waals surface area contributed by atoms with E-state index in [2.05, 4.69) is 43.7 Å². The van der Waals surface area contributed by atoms with Crippen molar-refractivity contribution >= 4 is 15.9 Å². The van der Waals surface area contributed by atoms with Gasteiger partial charge in [-0.25, -0.2) is 4.68 Å². The van der Waals surface area contributed by atoms with E-state index in [4.69, 9.17) is 4.74 Å². The van der Waals surface area contributed by atoms with Crippen molar-refractivity contribution in [3.05, 3.63) is 40.1 Å². The van der Waals surface area contributed by atoms with Gasteiger partial charge in [-0.05, 0) is 41.0 Å². The Bertz CT molecular complexity index is 593. The number of nitrogens with zero attached hydrogens (tertiary/aromatic N) is 3. The van der Waals surface area contributed by atoms with Gasteiger partial charge in [0.15, 0.2) is 4.60 Å². The zero-order valence-electron chi connectivity index (χ0n) is 11.5. The lowest BCUT2D eigenvalue weighted by Gasteiger charge is -2.31. The van der Waals surface area contributed by atoms with Gasteiger partial charge in [0.25, 0.3) is 0 Å². The molecule has 1 aromatic carbocycles. The van der Waals surface area contributed by atoms with Crippen molar-refractivity contribution in [3.8, 4) is 5.75 Å². The monoisotopic (exact) mass is 336 g/mol. The summed E-state index contributed by atoms with van der Waals surface area (Å²) in [4.78, 5) is 0. The number of hydrogen-bond acceptors (Lipinski definition) is 4. The zero-order valence-corrected chi connectivity index (χ0v) is 13.1. The standard InChI is InChI=1S/C14H17BrN4O/c1-16-12(13-14(15)17-18-19(13)2)10-7-9-5-3-4-6-11(9)20-8-10/h3-6,10,12,16H,7-8H2,1-2H3. The van der Waals surface area contributed by atoms with E-state index in [1.165, 1.54) is 5.56 Å². The normalized spacial score (nSPS) is 19.2. The molecule has 2 heterocycles. The molecule has 0 spiro atoms. The Morgan fingerprint density at radius 3 is 2.95 bits per heavy atom. The fraction of sp³-hybridized carbons (Fsp3) is 0.429. The molecule has 0 amide bonds. The predicted molar refractivity (Wildman–Crippen MR) is 79.6 cm³/mol. The van der Waals surface area contributed by atoms with Gasteiger partial charge >= 0.3 is 0 Å². The Labute approximate surface area is 126 Å². The van der Waals surface area contributed by atoms with Gasteiger partial charge in [-0.2, -0.15) is 0 Å². The summed E-state index contributed by atoms with van der Waals surface area (Å²) in [5.41, 5.74) is 2.32. The average Bonchev–Trinajstić information content (AvgIpc) is 2.80. The van der Waals surface area contributed by atoms with Crippen LogP contribution in [0.25, 0.3) is 0 Å². The second-order valence-electron chi connectivity index (χ2n) is 5.04. The van der Waals surface area contributed by atoms with Crippen LogP contribution in [0.3, 0.4) is 0 Å². The van der Waals surface area contributed by atoms with Crippen LogP contribution in [0.5, 0.6) is 5.75 Å². The van der Waals surface area contributed by atoms with E-state index >= 15 is 0 Å². The maximum Gasteiger partial charge on any atom is 0.153 e. The molecule has 2 unspecified atom stereocenters. The SMILES string of the molecule is CNC(c1c(Br)nnn1C)C1COc2ccccc2C1. The van der Waals surface area contributed by atoms with Crippen molar-refractivity contribution in [1.29, 1.82) is 0 Å². The number of halogens is 1. The van der Waals surface area contributed by atoms with Crippen LogP contribution >= 0.6 is 15.9 Å². The molecule has 6 heteroatoms. The van der Waals surface area contributed by atoms with Gasteiger partial charge < -0.3 is 10.1 Å². The summed E-state index contributed by atoms with van der Waals surface area (Å²) < 4.78 is 8.49. The first-order valence-electron chi connectivity index (χ1n) is 6.63. The van der Waals surface area contributed by atoms with E-state index in [9.17, 15) is 0 Å². The molecule has 2 atom stereocenters. The van der Waals surface area contributed by atoms with Crippen LogP contribution in [0, 0.1) is 5.92 Å². The number of ether oxygens (including phenoxy) is 1. The average molecular weight is 337 g/mol. The van der Waals surface area contributed by atoms with Crippen molar-refractivity contribution < 1.29 is 4.74 Å². The highest BCUT2D eigenvalue weighted by Gasteiger charge is 2.31. The second-order valence-corrected chi connectivity index (χ2v) is 5.79. The first kappa shape index (κ1) is 13.6. The van der Waals surface area contributed by atoms with Crippen molar-refractivity contribution in [2.45, 2.75) is 12.5 Å². The number of fused-ring (bicyclic) bond motifs is 1. The molecule has 2 aromatic rings. The maximum atomic E-state index is 5.89. The molecule has 1 aromatic heterocycles. The predicted octanol–water partition coefficient (Wildman–Crippen LogP) is 2.09. The maximum absolute atomic E-state index is 5.89. The summed E-state index contributed by atoms with van der Waals surface area (Å²) in [6.45, 7) is 0.695. The molecule has 0 fully saturated rings. The minimum atomic E-state index is 0.151. The summed E-state index contributed by atoms with van der Waals surface area (Å²) in [5, 5.41) is 11.5. The number of aryl methyl sites for hydroxylation is 1. The molecule has 0 bridgehead atoms. The second kappa shape index (κ2) is 5.54. The molecule has 5 nitrogen and oxygen atoms in total. The van der Waals surface area contributed by atoms with E-state index in [0.29, 0.717) is 12.5 Å². The molecular formula is C14H17BrN4O. The molecule has 0 saturated heterocycles. The number of nitrogens with one attached hydrogen (secondary N) is 1. The molecule has 1 N–H and O–H groups in total. The summed E-state index contributed by atoms with van der Waals surface area (Å²) >= 11 is 3.48. The molecule has 1 aliphatic rings. The molecule has 1 aliphatic heterocycles. The molecule has 106 valence electrons. The molecule has 3 rings (SSSR count). The van der Waals surface area contributed by atoms with Gasteiger partial charge in [0.2, 0.25) is 0 Å². The summed E-state index contributed by atoms with van der Waals surface area (Å²) in [7, 11) is 3.87. The largest absolute Gasteiger partial charge is 0.493 e. The number of benzene rings is 1. The Morgan fingerprint density at radius 1 is 1.45 bits per heavy atom. The van der Waals surface area contributed by atoms with Crippen LogP contribution in [0.2, 0.25) is 0 Å². The highest BCUT2D eigenvalue weighted by Crippen LogP contribution is 2.34. The summed E-state index contributed by atoms with van der Waals surface area (Å²) in [6, 6.07) is 8.38. The summed E-state index contributed by atoms with van der Waals surface area (Å²) in [5.74, 6) is 1.35. The van der Waals surface area contributed by atoms with Crippen LogP contribution < -0.4 is 10.1 Å². The van der Waals surface area contributed by atoms with Crippen molar-refractivity contribution in [2.24, 2.45) is 13.0 Å². The van der Waals surface area contributed by atoms with Gasteiger partial charge in [0, 0.05) is 13.0 Å². The van der Waals surface area contributed by atoms with Gasteiger partial charge in [0.1, 0.15) is 5.75 Å². The third-order valence-corrected chi connectivity index (χ3v) is 4.38. The van der Waals surface area contributed by atoms with E-state index in [1.54, 1.807) is 0 Å². The van der Waals surface area contributed by atoms with E-state index in [1.807, 2.05) is 30.9 Å². The van der Waals surface area contributed by atoms with Crippen LogP contribution in [0.15, 0.2) is 28.9 Å². The smallest absolute Gasteiger partial charge is 0.153 e. The van der Waals surface area contributed by atoms with Gasteiger partial charge in [-0.1, -0.05) is 23.4 Å². The van der Waals surface area contributed by atoms with Gasteiger partial charge in [0.05, 0.1) is 18.3 Å². The first-order valence-corrected chi connectivity index (χ1v) is 7.43. The highest BCUT2D eigenvalue weighted by atomic mass is 79.9. The molecule has 0 aliphatic carbocycles. The Kier molecular flexibility index (Phi) is 3.76. The van der Waals surface area contributed by atoms with Gasteiger partial charge in [-0.15, -0.1) is 5.10 Å². The van der Waals surface area contributed by atoms with Crippen LogP contribution in [0.4, 0.5) is 0 Å². The van der Waals surface area contributed by atoms with Crippen molar-refractivity contribution in [3.63, 3.8) is 0 Å². The summed E-state index contributed by atoms with van der Waals surface area (Å²) in [6.07, 6.45) is 0.985. The zero-order chi connectivity index (χ0) is 14.1. The van der Waals surface area contributed by atoms with E-state index in [-0.39, 0.29) is 6.04 Å². The minimum absolute atomic E-state index is 0.151. The van der Waals surface area contributed by atoms with E-state index in [0.717, 1.165) is 22.5 Å². The molecule has 0 radical (unpaired) electrons. The fourth-order valence-electron chi connectivity index (χ4n) is 2.83. The molecule has 0 saturated carbocycles. The van der Waals surface area contributed by atoms with Gasteiger partial charge in [-0.3, -0.25) is 0 Å². The third kappa shape index (κ3) is 2.33. The van der Waals surface area contributed by atoms with Crippen LogP contribution in [-0.2, 0) is 13.5 Å². The lowest BCUT2D eigenvalue weighted by Crippen LogP contribution is -2.34. The Balaban J connectivity index is 1.89. The number of aromatic nitrogens is 3. The lowest BCUT2D eigenvalue weighted by molar-refractivity contribution is 0.184. The molecular weight excluding hydrogens is 320 g/mol. The highest BCUT2D eigenvalue weighted by molar-refractivity contribution is 9.10. The minimum Gasteiger partial charge on any atom is -0.493 e. The van der Waals surface area contributed by atoms with E-state index < -0.39 is 0 Å². The lowest BCUT2D eigenvalue weighted by atomic mass is 9.89.